The fourth-order valence-corrected chi connectivity index (χ4v) is 1.82. The highest BCUT2D eigenvalue weighted by Crippen LogP contribution is 2.23. The third kappa shape index (κ3) is 1.56. The van der Waals surface area contributed by atoms with Gasteiger partial charge in [-0.2, -0.15) is 5.10 Å². The number of aryl methyl sites for hydroxylation is 1. The maximum Gasteiger partial charge on any atom is 0.0923 e. The first-order chi connectivity index (χ1) is 7.13. The average Bonchev–Trinajstić information content (AvgIpc) is 2.55. The van der Waals surface area contributed by atoms with E-state index >= 15 is 0 Å². The van der Waals surface area contributed by atoms with Gasteiger partial charge in [-0.3, -0.25) is 4.68 Å². The molecule has 0 fully saturated rings. The van der Waals surface area contributed by atoms with E-state index in [1.807, 2.05) is 6.08 Å². The highest BCUT2D eigenvalue weighted by molar-refractivity contribution is 5.87. The molecule has 0 saturated heterocycles. The highest BCUT2D eigenvalue weighted by atomic mass is 15.3. The number of hydrogen-bond acceptors (Lipinski definition) is 1. The van der Waals surface area contributed by atoms with Crippen molar-refractivity contribution in [1.82, 2.24) is 9.78 Å². The van der Waals surface area contributed by atoms with Crippen LogP contribution in [0.3, 0.4) is 0 Å². The van der Waals surface area contributed by atoms with Crippen molar-refractivity contribution in [3.05, 3.63) is 36.0 Å². The topological polar surface area (TPSA) is 17.8 Å². The monoisotopic (exact) mass is 200 g/mol. The molecule has 0 amide bonds. The molecule has 2 aromatic rings. The molecule has 0 unspecified atom stereocenters. The maximum atomic E-state index is 4.55. The van der Waals surface area contributed by atoms with Gasteiger partial charge in [-0.1, -0.05) is 18.7 Å². The van der Waals surface area contributed by atoms with E-state index in [1.165, 1.54) is 16.5 Å². The van der Waals surface area contributed by atoms with Crippen molar-refractivity contribution < 1.29 is 0 Å². The van der Waals surface area contributed by atoms with Gasteiger partial charge in [0.05, 0.1) is 11.2 Å². The van der Waals surface area contributed by atoms with Crippen LogP contribution in [0, 0.1) is 6.92 Å². The van der Waals surface area contributed by atoms with Crippen LogP contribution in [-0.4, -0.2) is 9.78 Å². The zero-order valence-electron chi connectivity index (χ0n) is 9.49. The summed E-state index contributed by atoms with van der Waals surface area (Å²) in [5.41, 5.74) is 3.43. The van der Waals surface area contributed by atoms with Crippen molar-refractivity contribution in [2.45, 2.75) is 26.8 Å². The number of nitrogens with zero attached hydrogens (tertiary/aromatic N) is 2. The molecule has 15 heavy (non-hydrogen) atoms. The Morgan fingerprint density at radius 1 is 1.40 bits per heavy atom. The van der Waals surface area contributed by atoms with E-state index in [0.717, 1.165) is 5.69 Å². The smallest absolute Gasteiger partial charge is 0.0923 e. The summed E-state index contributed by atoms with van der Waals surface area (Å²) in [4.78, 5) is 0. The summed E-state index contributed by atoms with van der Waals surface area (Å²) in [6, 6.07) is 6.79. The molecule has 1 aromatic carbocycles. The Morgan fingerprint density at radius 2 is 2.13 bits per heavy atom. The minimum absolute atomic E-state index is 0.378. The van der Waals surface area contributed by atoms with Gasteiger partial charge in [-0.25, -0.2) is 0 Å². The molecule has 0 aliphatic rings. The van der Waals surface area contributed by atoms with Gasteiger partial charge in [0.1, 0.15) is 0 Å². The molecule has 0 N–H and O–H groups in total. The number of aromatic nitrogens is 2. The Balaban J connectivity index is 2.81. The first-order valence-electron chi connectivity index (χ1n) is 5.25. The van der Waals surface area contributed by atoms with E-state index in [1.54, 1.807) is 0 Å². The Kier molecular flexibility index (Phi) is 2.35. The Morgan fingerprint density at radius 3 is 2.73 bits per heavy atom. The van der Waals surface area contributed by atoms with E-state index < -0.39 is 0 Å². The quantitative estimate of drug-likeness (QED) is 0.724. The molecule has 1 aromatic heterocycles. The van der Waals surface area contributed by atoms with E-state index in [2.05, 4.69) is 55.3 Å². The van der Waals surface area contributed by atoms with Gasteiger partial charge in [0.25, 0.3) is 0 Å². The molecule has 0 aliphatic heterocycles. The van der Waals surface area contributed by atoms with Crippen LogP contribution in [0.5, 0.6) is 0 Å². The van der Waals surface area contributed by atoms with E-state index in [9.17, 15) is 0 Å². The lowest BCUT2D eigenvalue weighted by Crippen LogP contribution is -2.02. The molecule has 0 spiro atoms. The Labute approximate surface area is 90.2 Å². The molecule has 2 rings (SSSR count). The van der Waals surface area contributed by atoms with Crippen molar-refractivity contribution in [1.29, 1.82) is 0 Å². The number of benzene rings is 1. The minimum atomic E-state index is 0.378. The third-order valence-corrected chi connectivity index (χ3v) is 2.57. The largest absolute Gasteiger partial charge is 0.262 e. The molecular formula is C13H16N2. The second-order valence-electron chi connectivity index (χ2n) is 4.15. The molecule has 0 saturated carbocycles. The van der Waals surface area contributed by atoms with Gasteiger partial charge >= 0.3 is 0 Å². The van der Waals surface area contributed by atoms with Crippen LogP contribution in [0.15, 0.2) is 24.8 Å². The van der Waals surface area contributed by atoms with E-state index in [0.29, 0.717) is 6.04 Å². The van der Waals surface area contributed by atoms with Crippen molar-refractivity contribution in [3.8, 4) is 0 Å². The molecule has 0 atom stereocenters. The minimum Gasteiger partial charge on any atom is -0.262 e. The lowest BCUT2D eigenvalue weighted by Gasteiger charge is -2.06. The van der Waals surface area contributed by atoms with Gasteiger partial charge in [0.2, 0.25) is 0 Å². The molecule has 2 nitrogen and oxygen atoms in total. The number of fused-ring (bicyclic) bond motifs is 1. The fourth-order valence-electron chi connectivity index (χ4n) is 1.82. The van der Waals surface area contributed by atoms with Crippen molar-refractivity contribution in [2.75, 3.05) is 0 Å². The van der Waals surface area contributed by atoms with Crippen LogP contribution in [-0.2, 0) is 0 Å². The standard InChI is InChI=1S/C13H16N2/c1-5-12-11-7-6-10(4)8-13(11)15(14-12)9(2)3/h5-9H,1H2,2-4H3. The van der Waals surface area contributed by atoms with Gasteiger partial charge in [-0.15, -0.1) is 0 Å². The Bertz CT molecular complexity index is 506. The predicted molar refractivity (Wildman–Crippen MR) is 64.9 cm³/mol. The van der Waals surface area contributed by atoms with Crippen LogP contribution in [0.25, 0.3) is 17.0 Å². The molecule has 1 heterocycles. The van der Waals surface area contributed by atoms with Gasteiger partial charge in [-0.05, 0) is 38.5 Å². The first kappa shape index (κ1) is 9.97. The van der Waals surface area contributed by atoms with Gasteiger partial charge < -0.3 is 0 Å². The molecule has 78 valence electrons. The van der Waals surface area contributed by atoms with Crippen molar-refractivity contribution in [2.24, 2.45) is 0 Å². The first-order valence-corrected chi connectivity index (χ1v) is 5.25. The van der Waals surface area contributed by atoms with Crippen LogP contribution in [0.4, 0.5) is 0 Å². The van der Waals surface area contributed by atoms with Crippen LogP contribution in [0.2, 0.25) is 0 Å². The summed E-state index contributed by atoms with van der Waals surface area (Å²) in [5, 5.41) is 5.73. The van der Waals surface area contributed by atoms with Crippen LogP contribution in [0.1, 0.15) is 31.1 Å². The lowest BCUT2D eigenvalue weighted by atomic mass is 10.1. The maximum absolute atomic E-state index is 4.55. The van der Waals surface area contributed by atoms with E-state index in [-0.39, 0.29) is 0 Å². The summed E-state index contributed by atoms with van der Waals surface area (Å²) in [5.74, 6) is 0. The summed E-state index contributed by atoms with van der Waals surface area (Å²) < 4.78 is 2.05. The van der Waals surface area contributed by atoms with Crippen molar-refractivity contribution >= 4 is 17.0 Å². The Hall–Kier alpha value is -1.57. The number of hydrogen-bond donors (Lipinski definition) is 0. The van der Waals surface area contributed by atoms with Gasteiger partial charge in [0.15, 0.2) is 0 Å². The number of rotatable bonds is 2. The SMILES string of the molecule is C=Cc1nn(C(C)C)c2cc(C)ccc12. The molecule has 0 aliphatic carbocycles. The summed E-state index contributed by atoms with van der Waals surface area (Å²) in [6.07, 6.45) is 1.82. The molecule has 0 radical (unpaired) electrons. The normalized spacial score (nSPS) is 11.2. The molecular weight excluding hydrogens is 184 g/mol. The zero-order valence-corrected chi connectivity index (χ0v) is 9.49. The summed E-state index contributed by atoms with van der Waals surface area (Å²) in [7, 11) is 0. The van der Waals surface area contributed by atoms with Crippen LogP contribution < -0.4 is 0 Å². The zero-order chi connectivity index (χ0) is 11.0. The van der Waals surface area contributed by atoms with Gasteiger partial charge in [0, 0.05) is 11.4 Å². The fraction of sp³-hybridized carbons (Fsp3) is 0.308. The summed E-state index contributed by atoms with van der Waals surface area (Å²) in [6.45, 7) is 10.2. The van der Waals surface area contributed by atoms with E-state index in [4.69, 9.17) is 0 Å². The average molecular weight is 200 g/mol. The lowest BCUT2D eigenvalue weighted by molar-refractivity contribution is 0.549. The predicted octanol–water partition coefficient (Wildman–Crippen LogP) is 3.57. The second kappa shape index (κ2) is 3.54. The summed E-state index contributed by atoms with van der Waals surface area (Å²) >= 11 is 0. The highest BCUT2D eigenvalue weighted by Gasteiger charge is 2.09. The van der Waals surface area contributed by atoms with Crippen LogP contribution >= 0.6 is 0 Å². The molecule has 0 bridgehead atoms. The molecule has 2 heteroatoms. The van der Waals surface area contributed by atoms with Crippen molar-refractivity contribution in [3.63, 3.8) is 0 Å². The third-order valence-electron chi connectivity index (χ3n) is 2.57. The second-order valence-corrected chi connectivity index (χ2v) is 4.15.